The Hall–Kier alpha value is -3.74. The van der Waals surface area contributed by atoms with E-state index in [4.69, 9.17) is 9.72 Å². The van der Waals surface area contributed by atoms with Crippen molar-refractivity contribution in [3.8, 4) is 0 Å². The molecule has 7 nitrogen and oxygen atoms in total. The van der Waals surface area contributed by atoms with Gasteiger partial charge in [-0.05, 0) is 68.5 Å². The highest BCUT2D eigenvalue weighted by Gasteiger charge is 2.26. The zero-order valence-corrected chi connectivity index (χ0v) is 18.1. The first-order chi connectivity index (χ1) is 15.4. The first kappa shape index (κ1) is 21.5. The average molecular weight is 431 g/mol. The van der Waals surface area contributed by atoms with Crippen LogP contribution >= 0.6 is 0 Å². The summed E-state index contributed by atoms with van der Waals surface area (Å²) in [6.45, 7) is 2.98. The Labute approximate surface area is 186 Å². The molecule has 0 unspecified atom stereocenters. The number of amides is 2. The van der Waals surface area contributed by atoms with Crippen molar-refractivity contribution in [2.45, 2.75) is 45.6 Å². The van der Waals surface area contributed by atoms with Crippen molar-refractivity contribution in [3.63, 3.8) is 0 Å². The van der Waals surface area contributed by atoms with Gasteiger partial charge in [-0.15, -0.1) is 0 Å². The minimum atomic E-state index is -0.983. The molecule has 0 aliphatic heterocycles. The molecule has 0 fully saturated rings. The summed E-state index contributed by atoms with van der Waals surface area (Å²) in [5, 5.41) is 6.15. The number of rotatable bonds is 5. The molecule has 7 heteroatoms. The lowest BCUT2D eigenvalue weighted by Gasteiger charge is -2.21. The van der Waals surface area contributed by atoms with Gasteiger partial charge in [0.05, 0.1) is 11.1 Å². The SMILES string of the molecule is CC(=O)Nc1ccc(NC(=O)[C@@H](C)OC(=O)c2c3c(nc4ccccc24)CCCC3)cc1. The number of nitrogens with one attached hydrogen (secondary N) is 2. The Morgan fingerprint density at radius 3 is 2.31 bits per heavy atom. The fraction of sp³-hybridized carbons (Fsp3) is 0.280. The highest BCUT2D eigenvalue weighted by Crippen LogP contribution is 2.30. The maximum Gasteiger partial charge on any atom is 0.339 e. The van der Waals surface area contributed by atoms with Crippen LogP contribution in [0.3, 0.4) is 0 Å². The summed E-state index contributed by atoms with van der Waals surface area (Å²) < 4.78 is 5.59. The minimum absolute atomic E-state index is 0.173. The molecule has 1 atom stereocenters. The lowest BCUT2D eigenvalue weighted by molar-refractivity contribution is -0.123. The molecule has 0 radical (unpaired) electrons. The van der Waals surface area contributed by atoms with E-state index in [1.54, 1.807) is 31.2 Å². The van der Waals surface area contributed by atoms with Gasteiger partial charge in [0, 0.05) is 29.4 Å². The van der Waals surface area contributed by atoms with E-state index >= 15 is 0 Å². The highest BCUT2D eigenvalue weighted by atomic mass is 16.5. The number of anilines is 2. The molecular formula is C25H25N3O4. The van der Waals surface area contributed by atoms with Crippen molar-refractivity contribution >= 4 is 40.1 Å². The van der Waals surface area contributed by atoms with Gasteiger partial charge in [-0.25, -0.2) is 4.79 Å². The second kappa shape index (κ2) is 9.18. The predicted octanol–water partition coefficient (Wildman–Crippen LogP) is 4.26. The first-order valence-electron chi connectivity index (χ1n) is 10.7. The Bertz CT molecular complexity index is 1190. The second-order valence-corrected chi connectivity index (χ2v) is 7.93. The van der Waals surface area contributed by atoms with Crippen LogP contribution in [0.2, 0.25) is 0 Å². The Morgan fingerprint density at radius 1 is 0.938 bits per heavy atom. The molecule has 1 aromatic heterocycles. The number of pyridine rings is 1. The van der Waals surface area contributed by atoms with Gasteiger partial charge in [0.1, 0.15) is 0 Å². The summed E-state index contributed by atoms with van der Waals surface area (Å²) in [5.41, 5.74) is 4.32. The third-order valence-electron chi connectivity index (χ3n) is 5.50. The molecule has 2 aromatic carbocycles. The van der Waals surface area contributed by atoms with Gasteiger partial charge in [-0.1, -0.05) is 18.2 Å². The summed E-state index contributed by atoms with van der Waals surface area (Å²) in [4.78, 5) is 41.7. The quantitative estimate of drug-likeness (QED) is 0.589. The van der Waals surface area contributed by atoms with Gasteiger partial charge in [-0.3, -0.25) is 14.6 Å². The number of aromatic nitrogens is 1. The summed E-state index contributed by atoms with van der Waals surface area (Å²) in [7, 11) is 0. The number of esters is 1. The Kier molecular flexibility index (Phi) is 6.16. The van der Waals surface area contributed by atoms with Crippen LogP contribution in [0.25, 0.3) is 10.9 Å². The molecule has 3 aromatic rings. The fourth-order valence-corrected chi connectivity index (χ4v) is 3.96. The largest absolute Gasteiger partial charge is 0.449 e. The van der Waals surface area contributed by atoms with Gasteiger partial charge >= 0.3 is 5.97 Å². The molecule has 1 aliphatic rings. The first-order valence-corrected chi connectivity index (χ1v) is 10.7. The van der Waals surface area contributed by atoms with Crippen LogP contribution in [0, 0.1) is 0 Å². The number of para-hydroxylation sites is 1. The van der Waals surface area contributed by atoms with Crippen LogP contribution in [0.5, 0.6) is 0 Å². The second-order valence-electron chi connectivity index (χ2n) is 7.93. The van der Waals surface area contributed by atoms with Crippen molar-refractivity contribution in [1.29, 1.82) is 0 Å². The molecule has 0 saturated heterocycles. The van der Waals surface area contributed by atoms with Crippen LogP contribution in [0.15, 0.2) is 48.5 Å². The van der Waals surface area contributed by atoms with Crippen LogP contribution in [0.1, 0.15) is 48.3 Å². The normalized spacial score (nSPS) is 13.7. The predicted molar refractivity (Wildman–Crippen MR) is 123 cm³/mol. The average Bonchev–Trinajstić information content (AvgIpc) is 2.78. The van der Waals surface area contributed by atoms with Crippen LogP contribution in [0.4, 0.5) is 11.4 Å². The van der Waals surface area contributed by atoms with Gasteiger partial charge in [0.25, 0.3) is 5.91 Å². The number of aryl methyl sites for hydroxylation is 1. The van der Waals surface area contributed by atoms with E-state index < -0.39 is 18.0 Å². The number of ether oxygens (including phenoxy) is 1. The molecule has 32 heavy (non-hydrogen) atoms. The smallest absolute Gasteiger partial charge is 0.339 e. The van der Waals surface area contributed by atoms with E-state index in [0.717, 1.165) is 47.8 Å². The number of carbonyl (C=O) groups excluding carboxylic acids is 3. The minimum Gasteiger partial charge on any atom is -0.449 e. The molecule has 2 amide bonds. The number of hydrogen-bond donors (Lipinski definition) is 2. The van der Waals surface area contributed by atoms with E-state index in [9.17, 15) is 14.4 Å². The van der Waals surface area contributed by atoms with Gasteiger partial charge in [-0.2, -0.15) is 0 Å². The van der Waals surface area contributed by atoms with Crippen LogP contribution < -0.4 is 10.6 Å². The maximum atomic E-state index is 13.2. The number of carbonyl (C=O) groups is 3. The number of fused-ring (bicyclic) bond motifs is 2. The van der Waals surface area contributed by atoms with E-state index in [0.29, 0.717) is 16.9 Å². The van der Waals surface area contributed by atoms with Crippen molar-refractivity contribution in [2.24, 2.45) is 0 Å². The lowest BCUT2D eigenvalue weighted by atomic mass is 9.90. The zero-order chi connectivity index (χ0) is 22.7. The number of hydrogen-bond acceptors (Lipinski definition) is 5. The van der Waals surface area contributed by atoms with Gasteiger partial charge < -0.3 is 15.4 Å². The van der Waals surface area contributed by atoms with Gasteiger partial charge in [0.2, 0.25) is 5.91 Å². The Balaban J connectivity index is 1.51. The lowest BCUT2D eigenvalue weighted by Crippen LogP contribution is -2.30. The van der Waals surface area contributed by atoms with Crippen molar-refractivity contribution < 1.29 is 19.1 Å². The molecule has 0 saturated carbocycles. The molecule has 0 spiro atoms. The highest BCUT2D eigenvalue weighted by molar-refractivity contribution is 6.06. The van der Waals surface area contributed by atoms with Crippen molar-refractivity contribution in [2.75, 3.05) is 10.6 Å². The van der Waals surface area contributed by atoms with E-state index in [1.165, 1.54) is 6.92 Å². The molecule has 0 bridgehead atoms. The van der Waals surface area contributed by atoms with Crippen LogP contribution in [-0.2, 0) is 27.2 Å². The number of benzene rings is 2. The molecule has 4 rings (SSSR count). The van der Waals surface area contributed by atoms with Crippen molar-refractivity contribution in [1.82, 2.24) is 4.98 Å². The van der Waals surface area contributed by atoms with Crippen molar-refractivity contribution in [3.05, 3.63) is 65.4 Å². The summed E-state index contributed by atoms with van der Waals surface area (Å²) in [6, 6.07) is 14.2. The molecule has 164 valence electrons. The standard InChI is InChI=1S/C25H25N3O4/c1-15(24(30)27-18-13-11-17(12-14-18)26-16(2)29)32-25(31)23-19-7-3-5-9-21(19)28-22-10-6-4-8-20(22)23/h3,5,7,9,11-15H,4,6,8,10H2,1-2H3,(H,26,29)(H,27,30)/t15-/m1/s1. The maximum absolute atomic E-state index is 13.2. The van der Waals surface area contributed by atoms with Crippen LogP contribution in [-0.4, -0.2) is 28.9 Å². The number of nitrogens with zero attached hydrogens (tertiary/aromatic N) is 1. The van der Waals surface area contributed by atoms with Gasteiger partial charge in [0.15, 0.2) is 6.10 Å². The zero-order valence-electron chi connectivity index (χ0n) is 18.1. The van der Waals surface area contributed by atoms with E-state index in [1.807, 2.05) is 24.3 Å². The summed E-state index contributed by atoms with van der Waals surface area (Å²) in [5.74, 6) is -1.11. The Morgan fingerprint density at radius 2 is 1.59 bits per heavy atom. The molecule has 1 aliphatic carbocycles. The third kappa shape index (κ3) is 4.61. The summed E-state index contributed by atoms with van der Waals surface area (Å²) >= 11 is 0. The van der Waals surface area contributed by atoms with E-state index in [-0.39, 0.29) is 5.91 Å². The topological polar surface area (TPSA) is 97.4 Å². The summed E-state index contributed by atoms with van der Waals surface area (Å²) in [6.07, 6.45) is 2.68. The molecular weight excluding hydrogens is 406 g/mol. The third-order valence-corrected chi connectivity index (χ3v) is 5.50. The van der Waals surface area contributed by atoms with E-state index in [2.05, 4.69) is 10.6 Å². The fourth-order valence-electron chi connectivity index (χ4n) is 3.96. The monoisotopic (exact) mass is 431 g/mol. The molecule has 2 N–H and O–H groups in total. The molecule has 1 heterocycles.